The number of allylic oxidation sites excluding steroid dienone is 2. The minimum atomic E-state index is 0.120. The Hall–Kier alpha value is -3.79. The molecule has 7 heteroatoms. The second-order valence-electron chi connectivity index (χ2n) is 6.73. The van der Waals surface area contributed by atoms with Crippen molar-refractivity contribution in [2.24, 2.45) is 16.1 Å². The van der Waals surface area contributed by atoms with Crippen LogP contribution in [0.25, 0.3) is 33.0 Å². The molecule has 0 spiro atoms. The Morgan fingerprint density at radius 3 is 1.86 bits per heavy atom. The molecule has 7 nitrogen and oxygen atoms in total. The molecule has 0 amide bonds. The van der Waals surface area contributed by atoms with Crippen LogP contribution in [-0.4, -0.2) is 5.78 Å². The van der Waals surface area contributed by atoms with Crippen LogP contribution in [0.4, 0.5) is 11.4 Å². The minimum Gasteiger partial charge on any atom is -0.294 e. The number of Topliss-reactive ketones (excluding diaryl/α,β-unsaturated/α-hetero) is 1. The molecule has 28 heavy (non-hydrogen) atoms. The Labute approximate surface area is 162 Å². The quantitative estimate of drug-likeness (QED) is 0.244. The van der Waals surface area contributed by atoms with Gasteiger partial charge in [-0.2, -0.15) is 0 Å². The van der Waals surface area contributed by atoms with E-state index in [0.717, 1.165) is 23.1 Å². The van der Waals surface area contributed by atoms with Crippen LogP contribution in [0.2, 0.25) is 0 Å². The number of carbonyl (C=O) groups is 1. The van der Waals surface area contributed by atoms with Crippen molar-refractivity contribution in [3.05, 3.63) is 91.7 Å². The molecular weight excluding hydrogens is 352 g/mol. The first kappa shape index (κ1) is 19.0. The van der Waals surface area contributed by atoms with Gasteiger partial charge in [0.05, 0.1) is 0 Å². The van der Waals surface area contributed by atoms with E-state index in [0.29, 0.717) is 23.4 Å². The number of hydrogen-bond donors (Lipinski definition) is 0. The van der Waals surface area contributed by atoms with Gasteiger partial charge in [0.2, 0.25) is 0 Å². The first-order chi connectivity index (χ1) is 13.6. The summed E-state index contributed by atoms with van der Waals surface area (Å²) in [6.45, 7) is 2.07. The van der Waals surface area contributed by atoms with Crippen molar-refractivity contribution in [2.45, 2.75) is 19.8 Å². The Bertz CT molecular complexity index is 1040. The number of rotatable bonds is 4. The van der Waals surface area contributed by atoms with Crippen LogP contribution in [0.3, 0.4) is 0 Å². The zero-order valence-corrected chi connectivity index (χ0v) is 15.4. The fourth-order valence-electron chi connectivity index (χ4n) is 3.22. The SMILES string of the molecule is CC1CC(=O)C(=Cc2ccc(N=[N+]=[N-])cc2)C(=Cc2ccc(N=[N+]=[N-])cc2)C1. The lowest BCUT2D eigenvalue weighted by Gasteiger charge is -2.23. The van der Waals surface area contributed by atoms with Gasteiger partial charge >= 0.3 is 0 Å². The second kappa shape index (κ2) is 8.73. The molecule has 0 aromatic heterocycles. The zero-order valence-electron chi connectivity index (χ0n) is 15.4. The summed E-state index contributed by atoms with van der Waals surface area (Å²) in [6.07, 6.45) is 5.23. The van der Waals surface area contributed by atoms with Crippen LogP contribution in [0, 0.1) is 5.92 Å². The van der Waals surface area contributed by atoms with E-state index >= 15 is 0 Å². The maximum atomic E-state index is 12.7. The summed E-state index contributed by atoms with van der Waals surface area (Å²) in [7, 11) is 0. The number of carbonyl (C=O) groups excluding carboxylic acids is 1. The summed E-state index contributed by atoms with van der Waals surface area (Å²) in [5.41, 5.74) is 21.6. The molecule has 0 aliphatic heterocycles. The predicted octanol–water partition coefficient (Wildman–Crippen LogP) is 7.04. The molecule has 1 aliphatic carbocycles. The summed E-state index contributed by atoms with van der Waals surface area (Å²) >= 11 is 0. The number of ketones is 1. The smallest absolute Gasteiger partial charge is 0.163 e. The van der Waals surface area contributed by atoms with Gasteiger partial charge in [-0.05, 0) is 46.2 Å². The lowest BCUT2D eigenvalue weighted by molar-refractivity contribution is -0.116. The molecule has 1 unspecified atom stereocenters. The van der Waals surface area contributed by atoms with E-state index in [1.54, 1.807) is 24.3 Å². The van der Waals surface area contributed by atoms with E-state index < -0.39 is 0 Å². The molecule has 1 aliphatic rings. The molecule has 3 rings (SSSR count). The maximum Gasteiger partial charge on any atom is 0.163 e. The van der Waals surface area contributed by atoms with Crippen LogP contribution in [0.5, 0.6) is 0 Å². The van der Waals surface area contributed by atoms with Gasteiger partial charge in [0.1, 0.15) is 0 Å². The lowest BCUT2D eigenvalue weighted by atomic mass is 9.80. The summed E-state index contributed by atoms with van der Waals surface area (Å²) in [4.78, 5) is 18.2. The van der Waals surface area contributed by atoms with Crippen LogP contribution in [0.1, 0.15) is 30.9 Å². The van der Waals surface area contributed by atoms with Crippen LogP contribution in [-0.2, 0) is 4.79 Å². The maximum absolute atomic E-state index is 12.7. The van der Waals surface area contributed by atoms with Crippen LogP contribution in [0.15, 0.2) is 69.9 Å². The number of hydrogen-bond acceptors (Lipinski definition) is 3. The molecule has 2 aromatic carbocycles. The van der Waals surface area contributed by atoms with E-state index in [1.165, 1.54) is 0 Å². The van der Waals surface area contributed by atoms with Gasteiger partial charge in [-0.3, -0.25) is 4.79 Å². The summed E-state index contributed by atoms with van der Waals surface area (Å²) in [5, 5.41) is 7.14. The molecule has 2 aromatic rings. The van der Waals surface area contributed by atoms with Gasteiger partial charge < -0.3 is 0 Å². The van der Waals surface area contributed by atoms with Gasteiger partial charge in [-0.15, -0.1) is 0 Å². The summed E-state index contributed by atoms with van der Waals surface area (Å²) in [5.74, 6) is 0.403. The molecule has 0 radical (unpaired) electrons. The Morgan fingerprint density at radius 2 is 1.36 bits per heavy atom. The molecule has 1 atom stereocenters. The van der Waals surface area contributed by atoms with Crippen molar-refractivity contribution in [1.29, 1.82) is 0 Å². The molecule has 0 bridgehead atoms. The Balaban J connectivity index is 1.96. The number of nitrogens with zero attached hydrogens (tertiary/aromatic N) is 6. The van der Waals surface area contributed by atoms with Crippen LogP contribution < -0.4 is 0 Å². The average molecular weight is 370 g/mol. The molecule has 0 N–H and O–H groups in total. The minimum absolute atomic E-state index is 0.120. The molecule has 0 saturated heterocycles. The van der Waals surface area contributed by atoms with Crippen molar-refractivity contribution < 1.29 is 4.79 Å². The first-order valence-electron chi connectivity index (χ1n) is 8.85. The molecule has 138 valence electrons. The molecular formula is C21H18N6O. The summed E-state index contributed by atoms with van der Waals surface area (Å²) < 4.78 is 0. The van der Waals surface area contributed by atoms with E-state index in [4.69, 9.17) is 11.1 Å². The summed E-state index contributed by atoms with van der Waals surface area (Å²) in [6, 6.07) is 14.3. The molecule has 0 heterocycles. The predicted molar refractivity (Wildman–Crippen MR) is 110 cm³/mol. The van der Waals surface area contributed by atoms with Crippen molar-refractivity contribution >= 4 is 29.3 Å². The third kappa shape index (κ3) is 4.68. The van der Waals surface area contributed by atoms with Crippen molar-refractivity contribution in [1.82, 2.24) is 0 Å². The number of benzene rings is 2. The highest BCUT2D eigenvalue weighted by Gasteiger charge is 2.24. The highest BCUT2D eigenvalue weighted by molar-refractivity contribution is 6.06. The monoisotopic (exact) mass is 370 g/mol. The second-order valence-corrected chi connectivity index (χ2v) is 6.73. The van der Waals surface area contributed by atoms with Crippen molar-refractivity contribution in [2.75, 3.05) is 0 Å². The normalized spacial score (nSPS) is 19.2. The van der Waals surface area contributed by atoms with Gasteiger partial charge in [-0.1, -0.05) is 71.8 Å². The lowest BCUT2D eigenvalue weighted by Crippen LogP contribution is -2.17. The largest absolute Gasteiger partial charge is 0.294 e. The Kier molecular flexibility index (Phi) is 5.92. The topological polar surface area (TPSA) is 115 Å². The van der Waals surface area contributed by atoms with E-state index in [9.17, 15) is 4.79 Å². The van der Waals surface area contributed by atoms with Gasteiger partial charge in [-0.25, -0.2) is 0 Å². The van der Waals surface area contributed by atoms with Gasteiger partial charge in [0.15, 0.2) is 5.78 Å². The third-order valence-electron chi connectivity index (χ3n) is 4.51. The van der Waals surface area contributed by atoms with E-state index in [-0.39, 0.29) is 11.7 Å². The molecule has 1 fully saturated rings. The highest BCUT2D eigenvalue weighted by Crippen LogP contribution is 2.33. The van der Waals surface area contributed by atoms with Crippen LogP contribution >= 0.6 is 0 Å². The highest BCUT2D eigenvalue weighted by atomic mass is 16.1. The fourth-order valence-corrected chi connectivity index (χ4v) is 3.22. The van der Waals surface area contributed by atoms with Gasteiger partial charge in [0, 0.05) is 33.2 Å². The standard InChI is InChI=1S/C21H18N6O/c1-14-10-17(12-15-2-6-18(7-3-15)24-26-22)20(21(28)11-14)13-16-4-8-19(9-5-16)25-27-23/h2-9,12-14H,10-11H2,1H3. The zero-order chi connectivity index (χ0) is 19.9. The molecule has 1 saturated carbocycles. The third-order valence-corrected chi connectivity index (χ3v) is 4.51. The first-order valence-corrected chi connectivity index (χ1v) is 8.85. The number of azide groups is 2. The van der Waals surface area contributed by atoms with E-state index in [2.05, 4.69) is 27.0 Å². The van der Waals surface area contributed by atoms with Crippen molar-refractivity contribution in [3.8, 4) is 0 Å². The fraction of sp³-hybridized carbons (Fsp3) is 0.190. The Morgan fingerprint density at radius 1 is 0.857 bits per heavy atom. The van der Waals surface area contributed by atoms with Crippen molar-refractivity contribution in [3.63, 3.8) is 0 Å². The van der Waals surface area contributed by atoms with Gasteiger partial charge in [0.25, 0.3) is 0 Å². The average Bonchev–Trinajstić information content (AvgIpc) is 2.68. The van der Waals surface area contributed by atoms with E-state index in [1.807, 2.05) is 36.4 Å².